The maximum atomic E-state index is 8.29. The molecule has 0 heterocycles. The Hall–Kier alpha value is -0.535. The minimum absolute atomic E-state index is 0.764. The van der Waals surface area contributed by atoms with Gasteiger partial charge in [0.2, 0.25) is 0 Å². The van der Waals surface area contributed by atoms with Gasteiger partial charge in [-0.2, -0.15) is 0 Å². The predicted octanol–water partition coefficient (Wildman–Crippen LogP) is 0.131. The molecule has 0 unspecified atom stereocenters. The van der Waals surface area contributed by atoms with E-state index >= 15 is 0 Å². The SMILES string of the molecule is C=CC(C)=CB(O)O. The Morgan fingerprint density at radius 1 is 1.62 bits per heavy atom. The molecule has 0 fully saturated rings. The van der Waals surface area contributed by atoms with E-state index in [1.165, 1.54) is 5.98 Å². The molecule has 0 spiro atoms. The topological polar surface area (TPSA) is 40.5 Å². The average Bonchev–Trinajstić information content (AvgIpc) is 1.65. The van der Waals surface area contributed by atoms with E-state index in [0.29, 0.717) is 0 Å². The molecule has 0 amide bonds. The summed E-state index contributed by atoms with van der Waals surface area (Å²) in [6, 6.07) is 0. The van der Waals surface area contributed by atoms with Gasteiger partial charge in [-0.25, -0.2) is 0 Å². The zero-order chi connectivity index (χ0) is 6.57. The van der Waals surface area contributed by atoms with Crippen molar-refractivity contribution in [3.05, 3.63) is 24.2 Å². The molecule has 0 rings (SSSR count). The third kappa shape index (κ3) is 3.65. The molecule has 0 bridgehead atoms. The molecule has 0 saturated heterocycles. The molecule has 3 heteroatoms. The number of hydrogen-bond acceptors (Lipinski definition) is 2. The first-order valence-electron chi connectivity index (χ1n) is 2.34. The largest absolute Gasteiger partial charge is 0.480 e. The Morgan fingerprint density at radius 2 is 2.12 bits per heavy atom. The number of hydrogen-bond donors (Lipinski definition) is 2. The highest BCUT2D eigenvalue weighted by atomic mass is 16.4. The normalized spacial score (nSPS) is 11.1. The molecule has 8 heavy (non-hydrogen) atoms. The second-order valence-electron chi connectivity index (χ2n) is 1.53. The molecule has 0 aromatic carbocycles. The minimum atomic E-state index is -1.35. The van der Waals surface area contributed by atoms with Crippen LogP contribution in [0.25, 0.3) is 0 Å². The lowest BCUT2D eigenvalue weighted by Crippen LogP contribution is -2.06. The minimum Gasteiger partial charge on any atom is -0.424 e. The number of rotatable bonds is 2. The molecule has 0 radical (unpaired) electrons. The molecule has 0 saturated carbocycles. The second kappa shape index (κ2) is 3.46. The lowest BCUT2D eigenvalue weighted by atomic mass is 9.89. The van der Waals surface area contributed by atoms with Crippen molar-refractivity contribution in [2.24, 2.45) is 0 Å². The van der Waals surface area contributed by atoms with E-state index in [-0.39, 0.29) is 0 Å². The van der Waals surface area contributed by atoms with Gasteiger partial charge in [0.15, 0.2) is 0 Å². The molecular formula is C5H9BO2. The van der Waals surface area contributed by atoms with Crippen LogP contribution in [0.15, 0.2) is 24.2 Å². The van der Waals surface area contributed by atoms with E-state index < -0.39 is 7.12 Å². The highest BCUT2D eigenvalue weighted by molar-refractivity contribution is 6.47. The van der Waals surface area contributed by atoms with Gasteiger partial charge in [-0.3, -0.25) is 0 Å². The maximum Gasteiger partial charge on any atom is 0.480 e. The lowest BCUT2D eigenvalue weighted by Gasteiger charge is -1.88. The summed E-state index contributed by atoms with van der Waals surface area (Å²) < 4.78 is 0. The second-order valence-corrected chi connectivity index (χ2v) is 1.53. The summed E-state index contributed by atoms with van der Waals surface area (Å²) in [5.74, 6) is 1.30. The average molecular weight is 112 g/mol. The van der Waals surface area contributed by atoms with Crippen LogP contribution in [0.4, 0.5) is 0 Å². The summed E-state index contributed by atoms with van der Waals surface area (Å²) in [4.78, 5) is 0. The Balaban J connectivity index is 3.74. The van der Waals surface area contributed by atoms with Crippen LogP contribution in [0.5, 0.6) is 0 Å². The summed E-state index contributed by atoms with van der Waals surface area (Å²) in [6.07, 6.45) is 1.56. The van der Waals surface area contributed by atoms with Crippen molar-refractivity contribution in [1.29, 1.82) is 0 Å². The van der Waals surface area contributed by atoms with Crippen LogP contribution in [0.2, 0.25) is 0 Å². The van der Waals surface area contributed by atoms with E-state index in [1.807, 2.05) is 0 Å². The van der Waals surface area contributed by atoms with Crippen molar-refractivity contribution in [3.63, 3.8) is 0 Å². The molecular weight excluding hydrogens is 103 g/mol. The van der Waals surface area contributed by atoms with Crippen molar-refractivity contribution in [3.8, 4) is 0 Å². The molecule has 0 aliphatic rings. The fraction of sp³-hybridized carbons (Fsp3) is 0.200. The zero-order valence-electron chi connectivity index (χ0n) is 4.83. The Morgan fingerprint density at radius 3 is 2.25 bits per heavy atom. The first-order chi connectivity index (χ1) is 3.66. The summed E-state index contributed by atoms with van der Waals surface area (Å²) >= 11 is 0. The molecule has 0 aromatic heterocycles. The predicted molar refractivity (Wildman–Crippen MR) is 34.1 cm³/mol. The van der Waals surface area contributed by atoms with Crippen molar-refractivity contribution in [2.75, 3.05) is 0 Å². The van der Waals surface area contributed by atoms with E-state index in [1.54, 1.807) is 13.0 Å². The van der Waals surface area contributed by atoms with Crippen molar-refractivity contribution in [2.45, 2.75) is 6.92 Å². The first-order valence-corrected chi connectivity index (χ1v) is 2.34. The molecule has 0 atom stereocenters. The third-order valence-electron chi connectivity index (χ3n) is 0.734. The molecule has 2 N–H and O–H groups in total. The van der Waals surface area contributed by atoms with Crippen molar-refractivity contribution < 1.29 is 10.0 Å². The van der Waals surface area contributed by atoms with Crippen LogP contribution >= 0.6 is 0 Å². The number of allylic oxidation sites excluding steroid dienone is 2. The molecule has 0 aliphatic carbocycles. The Labute approximate surface area is 49.3 Å². The molecule has 0 aliphatic heterocycles. The van der Waals surface area contributed by atoms with Crippen LogP contribution in [0.1, 0.15) is 6.92 Å². The van der Waals surface area contributed by atoms with E-state index in [9.17, 15) is 0 Å². The van der Waals surface area contributed by atoms with Gasteiger partial charge in [0.25, 0.3) is 0 Å². The van der Waals surface area contributed by atoms with E-state index in [2.05, 4.69) is 6.58 Å². The van der Waals surface area contributed by atoms with E-state index in [0.717, 1.165) is 5.57 Å². The van der Waals surface area contributed by atoms with Crippen LogP contribution in [-0.4, -0.2) is 17.2 Å². The van der Waals surface area contributed by atoms with Gasteiger partial charge >= 0.3 is 7.12 Å². The van der Waals surface area contributed by atoms with Gasteiger partial charge in [-0.15, -0.1) is 0 Å². The monoisotopic (exact) mass is 112 g/mol. The Kier molecular flexibility index (Phi) is 3.23. The van der Waals surface area contributed by atoms with Crippen LogP contribution in [0, 0.1) is 0 Å². The van der Waals surface area contributed by atoms with Gasteiger partial charge < -0.3 is 10.0 Å². The van der Waals surface area contributed by atoms with Crippen molar-refractivity contribution in [1.82, 2.24) is 0 Å². The standard InChI is InChI=1S/C5H9BO2/c1-3-5(2)4-6(7)8/h3-4,7-8H,1H2,2H3. The highest BCUT2D eigenvalue weighted by Gasteiger charge is 1.98. The molecule has 2 nitrogen and oxygen atoms in total. The fourth-order valence-corrected chi connectivity index (χ4v) is 0.303. The first kappa shape index (κ1) is 7.46. The van der Waals surface area contributed by atoms with Gasteiger partial charge in [-0.1, -0.05) is 24.2 Å². The lowest BCUT2D eigenvalue weighted by molar-refractivity contribution is 0.424. The quantitative estimate of drug-likeness (QED) is 0.393. The molecule has 0 aromatic rings. The zero-order valence-corrected chi connectivity index (χ0v) is 4.83. The van der Waals surface area contributed by atoms with Crippen LogP contribution in [-0.2, 0) is 0 Å². The van der Waals surface area contributed by atoms with Crippen LogP contribution < -0.4 is 0 Å². The summed E-state index contributed by atoms with van der Waals surface area (Å²) in [5, 5.41) is 16.6. The van der Waals surface area contributed by atoms with Gasteiger partial charge in [0.05, 0.1) is 0 Å². The van der Waals surface area contributed by atoms with Crippen LogP contribution in [0.3, 0.4) is 0 Å². The third-order valence-corrected chi connectivity index (χ3v) is 0.734. The molecule has 44 valence electrons. The summed E-state index contributed by atoms with van der Waals surface area (Å²) in [6.45, 7) is 5.17. The van der Waals surface area contributed by atoms with Gasteiger partial charge in [0.1, 0.15) is 0 Å². The highest BCUT2D eigenvalue weighted by Crippen LogP contribution is 1.90. The van der Waals surface area contributed by atoms with Gasteiger partial charge in [0, 0.05) is 0 Å². The Bertz CT molecular complexity index is 107. The van der Waals surface area contributed by atoms with Gasteiger partial charge in [-0.05, 0) is 6.92 Å². The smallest absolute Gasteiger partial charge is 0.424 e. The summed E-state index contributed by atoms with van der Waals surface area (Å²) in [7, 11) is -1.35. The van der Waals surface area contributed by atoms with E-state index in [4.69, 9.17) is 10.0 Å². The maximum absolute atomic E-state index is 8.29. The van der Waals surface area contributed by atoms with Crippen molar-refractivity contribution >= 4 is 7.12 Å². The summed E-state index contributed by atoms with van der Waals surface area (Å²) in [5.41, 5.74) is 0.764. The fourth-order valence-electron chi connectivity index (χ4n) is 0.303.